The van der Waals surface area contributed by atoms with Crippen LogP contribution in [0.5, 0.6) is 0 Å². The largest absolute Gasteiger partial charge is 0.469 e. The van der Waals surface area contributed by atoms with Crippen LogP contribution in [0.1, 0.15) is 36.7 Å². The number of rotatable bonds is 6. The van der Waals surface area contributed by atoms with Crippen molar-refractivity contribution in [2.45, 2.75) is 40.2 Å². The fraction of sp³-hybridized carbons (Fsp3) is 0.692. The lowest BCUT2D eigenvalue weighted by atomic mass is 9.99. The molecule has 0 amide bonds. The smallest absolute Gasteiger partial charge is 0.312 e. The fourth-order valence-electron chi connectivity index (χ4n) is 2.22. The maximum Gasteiger partial charge on any atom is 0.312 e. The van der Waals surface area contributed by atoms with Crippen molar-refractivity contribution in [3.63, 3.8) is 0 Å². The van der Waals surface area contributed by atoms with Crippen molar-refractivity contribution < 1.29 is 17.9 Å². The standard InChI is InChI=1S/C13H22N2O4S/c1-6-20(17,18)8-7-15-11(4)12(10(3)14-15)9(2)13(16)19-5/h9H,6-8H2,1-5H3. The van der Waals surface area contributed by atoms with Crippen LogP contribution in [0, 0.1) is 13.8 Å². The minimum Gasteiger partial charge on any atom is -0.469 e. The van der Waals surface area contributed by atoms with E-state index in [4.69, 9.17) is 4.74 Å². The molecule has 1 aromatic rings. The normalized spacial score (nSPS) is 13.2. The maximum atomic E-state index is 11.6. The quantitative estimate of drug-likeness (QED) is 0.738. The molecule has 1 atom stereocenters. The van der Waals surface area contributed by atoms with Gasteiger partial charge in [-0.2, -0.15) is 5.10 Å². The van der Waals surface area contributed by atoms with E-state index >= 15 is 0 Å². The monoisotopic (exact) mass is 302 g/mol. The molecule has 1 aromatic heterocycles. The van der Waals surface area contributed by atoms with Crippen molar-refractivity contribution >= 4 is 15.8 Å². The molecule has 7 heteroatoms. The van der Waals surface area contributed by atoms with Crippen molar-refractivity contribution in [3.05, 3.63) is 17.0 Å². The third-order valence-electron chi connectivity index (χ3n) is 3.48. The molecule has 0 bridgehead atoms. The molecule has 0 aromatic carbocycles. The number of methoxy groups -OCH3 is 1. The summed E-state index contributed by atoms with van der Waals surface area (Å²) in [5.74, 6) is -0.552. The average molecular weight is 302 g/mol. The van der Waals surface area contributed by atoms with Gasteiger partial charge < -0.3 is 4.74 Å². The van der Waals surface area contributed by atoms with Crippen LogP contribution in [0.25, 0.3) is 0 Å². The van der Waals surface area contributed by atoms with Crippen LogP contribution in [-0.4, -0.2) is 42.8 Å². The summed E-state index contributed by atoms with van der Waals surface area (Å²) in [6.07, 6.45) is 0. The van der Waals surface area contributed by atoms with Crippen molar-refractivity contribution in [2.24, 2.45) is 0 Å². The number of hydrogen-bond donors (Lipinski definition) is 0. The molecule has 0 saturated heterocycles. The molecule has 0 fully saturated rings. The second-order valence-electron chi connectivity index (χ2n) is 4.79. The van der Waals surface area contributed by atoms with E-state index in [1.807, 2.05) is 13.8 Å². The van der Waals surface area contributed by atoms with Gasteiger partial charge in [-0.25, -0.2) is 8.42 Å². The van der Waals surface area contributed by atoms with Gasteiger partial charge in [0.25, 0.3) is 0 Å². The Morgan fingerprint density at radius 3 is 2.50 bits per heavy atom. The number of sulfone groups is 1. The van der Waals surface area contributed by atoms with Gasteiger partial charge in [0.15, 0.2) is 9.84 Å². The topological polar surface area (TPSA) is 78.3 Å². The summed E-state index contributed by atoms with van der Waals surface area (Å²) in [6.45, 7) is 7.34. The van der Waals surface area contributed by atoms with E-state index in [-0.39, 0.29) is 17.5 Å². The Kier molecular flexibility index (Phi) is 5.33. The Bertz CT molecular complexity index is 590. The molecule has 6 nitrogen and oxygen atoms in total. The van der Waals surface area contributed by atoms with Crippen LogP contribution in [0.3, 0.4) is 0 Å². The first-order chi connectivity index (χ1) is 9.23. The van der Waals surface area contributed by atoms with Gasteiger partial charge >= 0.3 is 5.97 Å². The molecule has 0 aliphatic heterocycles. The summed E-state index contributed by atoms with van der Waals surface area (Å²) in [7, 11) is -1.68. The summed E-state index contributed by atoms with van der Waals surface area (Å²) in [5.41, 5.74) is 2.35. The molecular formula is C13H22N2O4S. The van der Waals surface area contributed by atoms with Crippen LogP contribution in [0.2, 0.25) is 0 Å². The first-order valence-corrected chi connectivity index (χ1v) is 8.37. The molecule has 0 aliphatic rings. The van der Waals surface area contributed by atoms with Crippen molar-refractivity contribution in [1.29, 1.82) is 0 Å². The van der Waals surface area contributed by atoms with Gasteiger partial charge in [0.2, 0.25) is 0 Å². The molecule has 0 N–H and O–H groups in total. The van der Waals surface area contributed by atoms with Gasteiger partial charge in [0, 0.05) is 17.0 Å². The Balaban J connectivity index is 3.01. The molecular weight excluding hydrogens is 280 g/mol. The highest BCUT2D eigenvalue weighted by atomic mass is 32.2. The Morgan fingerprint density at radius 1 is 1.40 bits per heavy atom. The zero-order valence-corrected chi connectivity index (χ0v) is 13.5. The number of carbonyl (C=O) groups excluding carboxylic acids is 1. The summed E-state index contributed by atoms with van der Waals surface area (Å²) < 4.78 is 29.5. The number of carbonyl (C=O) groups is 1. The van der Waals surface area contributed by atoms with E-state index in [1.165, 1.54) is 7.11 Å². The van der Waals surface area contributed by atoms with Crippen molar-refractivity contribution in [2.75, 3.05) is 18.6 Å². The van der Waals surface area contributed by atoms with E-state index in [1.54, 1.807) is 18.5 Å². The van der Waals surface area contributed by atoms with Crippen LogP contribution in [0.15, 0.2) is 0 Å². The van der Waals surface area contributed by atoms with Crippen molar-refractivity contribution in [1.82, 2.24) is 9.78 Å². The predicted molar refractivity (Wildman–Crippen MR) is 76.5 cm³/mol. The second-order valence-corrected chi connectivity index (χ2v) is 7.26. The summed E-state index contributed by atoms with van der Waals surface area (Å²) in [4.78, 5) is 11.6. The highest BCUT2D eigenvalue weighted by molar-refractivity contribution is 7.91. The molecule has 0 radical (unpaired) electrons. The van der Waals surface area contributed by atoms with Crippen LogP contribution in [-0.2, 0) is 25.9 Å². The summed E-state index contributed by atoms with van der Waals surface area (Å²) >= 11 is 0. The molecule has 1 rings (SSSR count). The number of nitrogens with zero attached hydrogens (tertiary/aromatic N) is 2. The molecule has 1 heterocycles. The highest BCUT2D eigenvalue weighted by Crippen LogP contribution is 2.24. The molecule has 1 unspecified atom stereocenters. The molecule has 0 aliphatic carbocycles. The molecule has 20 heavy (non-hydrogen) atoms. The van der Waals surface area contributed by atoms with Gasteiger partial charge in [0.1, 0.15) is 0 Å². The van der Waals surface area contributed by atoms with E-state index in [2.05, 4.69) is 5.10 Å². The summed E-state index contributed by atoms with van der Waals surface area (Å²) in [6, 6.07) is 0. The van der Waals surface area contributed by atoms with E-state index < -0.39 is 15.8 Å². The first-order valence-electron chi connectivity index (χ1n) is 6.55. The fourth-order valence-corrected chi connectivity index (χ4v) is 2.96. The number of ether oxygens (including phenoxy) is 1. The minimum atomic E-state index is -3.03. The number of aromatic nitrogens is 2. The van der Waals surface area contributed by atoms with E-state index in [9.17, 15) is 13.2 Å². The molecule has 0 saturated carbocycles. The molecule has 0 spiro atoms. The van der Waals surface area contributed by atoms with Gasteiger partial charge in [0.05, 0.1) is 31.0 Å². The molecule has 114 valence electrons. The van der Waals surface area contributed by atoms with Crippen molar-refractivity contribution in [3.8, 4) is 0 Å². The third-order valence-corrected chi connectivity index (χ3v) is 5.16. The highest BCUT2D eigenvalue weighted by Gasteiger charge is 2.24. The summed E-state index contributed by atoms with van der Waals surface area (Å²) in [5, 5.41) is 4.33. The maximum absolute atomic E-state index is 11.6. The lowest BCUT2D eigenvalue weighted by Crippen LogP contribution is -2.17. The van der Waals surface area contributed by atoms with Gasteiger partial charge in [-0.15, -0.1) is 0 Å². The number of aryl methyl sites for hydroxylation is 2. The van der Waals surface area contributed by atoms with E-state index in [0.29, 0.717) is 6.54 Å². The van der Waals surface area contributed by atoms with E-state index in [0.717, 1.165) is 17.0 Å². The first kappa shape index (κ1) is 16.7. The Morgan fingerprint density at radius 2 is 2.00 bits per heavy atom. The van der Waals surface area contributed by atoms with Gasteiger partial charge in [-0.3, -0.25) is 9.48 Å². The van der Waals surface area contributed by atoms with Crippen LogP contribution in [0.4, 0.5) is 0 Å². The lowest BCUT2D eigenvalue weighted by Gasteiger charge is -2.10. The van der Waals surface area contributed by atoms with Gasteiger partial charge in [-0.1, -0.05) is 6.92 Å². The zero-order chi connectivity index (χ0) is 15.5. The minimum absolute atomic E-state index is 0.0531. The SMILES string of the molecule is CCS(=O)(=O)CCn1nc(C)c(C(C)C(=O)OC)c1C. The van der Waals surface area contributed by atoms with Gasteiger partial charge in [-0.05, 0) is 20.8 Å². The van der Waals surface area contributed by atoms with Crippen LogP contribution < -0.4 is 0 Å². The number of hydrogen-bond acceptors (Lipinski definition) is 5. The van der Waals surface area contributed by atoms with Crippen LogP contribution >= 0.6 is 0 Å². The second kappa shape index (κ2) is 6.39. The predicted octanol–water partition coefficient (Wildman–Crippen LogP) is 1.21. The lowest BCUT2D eigenvalue weighted by molar-refractivity contribution is -0.142. The Hall–Kier alpha value is -1.37. The average Bonchev–Trinajstić information content (AvgIpc) is 2.69. The zero-order valence-electron chi connectivity index (χ0n) is 12.6. The number of esters is 1. The third kappa shape index (κ3) is 3.59. The Labute approximate surface area is 120 Å².